The summed E-state index contributed by atoms with van der Waals surface area (Å²) in [6.07, 6.45) is 6.19. The number of amides is 1. The Balaban J connectivity index is 1.93. The summed E-state index contributed by atoms with van der Waals surface area (Å²) >= 11 is 0. The van der Waals surface area contributed by atoms with E-state index in [1.165, 1.54) is 0 Å². The van der Waals surface area contributed by atoms with Crippen LogP contribution >= 0.6 is 0 Å². The summed E-state index contributed by atoms with van der Waals surface area (Å²) in [6, 6.07) is 7.10. The summed E-state index contributed by atoms with van der Waals surface area (Å²) in [5.74, 6) is -3.50. The van der Waals surface area contributed by atoms with Gasteiger partial charge in [-0.25, -0.2) is 0 Å². The Hall–Kier alpha value is -3.83. The van der Waals surface area contributed by atoms with Crippen molar-refractivity contribution in [2.45, 2.75) is 85.6 Å². The van der Waals surface area contributed by atoms with Crippen LogP contribution in [-0.4, -0.2) is 174 Å². The first-order valence-electron chi connectivity index (χ1n) is 20.2. The van der Waals surface area contributed by atoms with Crippen LogP contribution in [0.4, 0.5) is 0 Å². The minimum absolute atomic E-state index is 0.00522. The molecule has 2 rings (SSSR count). The van der Waals surface area contributed by atoms with Crippen LogP contribution in [0, 0.1) is 10.8 Å². The largest absolute Gasteiger partial charge is 0.494 e. The predicted octanol–water partition coefficient (Wildman–Crippen LogP) is 3.08. The number of nitrogens with one attached hydrogen (secondary N) is 1. The highest BCUT2D eigenvalue weighted by molar-refractivity contribution is 5.81. The standard InChI is InChI=1S/C41H69N5O11/c1-6-40(2,3)30-56-31-41(4,5)39(55)42-16-10-8-7-9-11-23-57-34-14-12-32(13-15-34)24-33-25-45(28-37(51)52)20-19-43(26-35(47)48)17-18-44(27-36(49)50)21-22-46(33)29-38(53)54/h12-15,33H,6-11,16-31H2,1-5H3,(H,42,55)(H,47,48)(H,49,50)(H,51,52)(H,53,54)/t33-/m0/s1. The number of carboxylic acids is 4. The average Bonchev–Trinajstić information content (AvgIpc) is 3.12. The first-order chi connectivity index (χ1) is 26.9. The summed E-state index contributed by atoms with van der Waals surface area (Å²) in [4.78, 5) is 66.5. The number of unbranched alkanes of at least 4 members (excludes halogenated alkanes) is 4. The van der Waals surface area contributed by atoms with Crippen molar-refractivity contribution in [3.05, 3.63) is 29.8 Å². The number of benzene rings is 1. The maximum absolute atomic E-state index is 12.7. The quantitative estimate of drug-likeness (QED) is 0.0900. The monoisotopic (exact) mass is 807 g/mol. The van der Waals surface area contributed by atoms with E-state index < -0.39 is 35.3 Å². The van der Waals surface area contributed by atoms with Gasteiger partial charge in [0.25, 0.3) is 0 Å². The number of ether oxygens (including phenoxy) is 2. The molecule has 0 aliphatic carbocycles. The first-order valence-corrected chi connectivity index (χ1v) is 20.2. The van der Waals surface area contributed by atoms with E-state index in [1.807, 2.05) is 38.1 Å². The maximum Gasteiger partial charge on any atom is 0.317 e. The zero-order chi connectivity index (χ0) is 42.4. The van der Waals surface area contributed by atoms with Gasteiger partial charge in [-0.3, -0.25) is 43.6 Å². The van der Waals surface area contributed by atoms with E-state index in [-0.39, 0.29) is 83.3 Å². The molecule has 0 radical (unpaired) electrons. The van der Waals surface area contributed by atoms with Crippen LogP contribution in [0.5, 0.6) is 5.75 Å². The van der Waals surface area contributed by atoms with Gasteiger partial charge in [-0.2, -0.15) is 0 Å². The third kappa shape index (κ3) is 21.5. The van der Waals surface area contributed by atoms with E-state index in [0.717, 1.165) is 44.1 Å². The van der Waals surface area contributed by atoms with Crippen molar-refractivity contribution in [2.75, 3.05) is 98.4 Å². The molecule has 1 amide bonds. The molecule has 1 aromatic carbocycles. The molecule has 5 N–H and O–H groups in total. The molecule has 57 heavy (non-hydrogen) atoms. The van der Waals surface area contributed by atoms with Crippen molar-refractivity contribution in [1.82, 2.24) is 24.9 Å². The Kier molecular flexibility index (Phi) is 22.1. The molecular formula is C41H69N5O11. The van der Waals surface area contributed by atoms with E-state index >= 15 is 0 Å². The Bertz CT molecular complexity index is 1390. The van der Waals surface area contributed by atoms with Crippen LogP contribution in [-0.2, 0) is 35.1 Å². The molecule has 1 aliphatic heterocycles. The molecule has 1 saturated heterocycles. The van der Waals surface area contributed by atoms with Crippen molar-refractivity contribution < 1.29 is 53.9 Å². The molecule has 324 valence electrons. The van der Waals surface area contributed by atoms with Gasteiger partial charge in [-0.05, 0) is 62.6 Å². The van der Waals surface area contributed by atoms with Gasteiger partial charge in [0.15, 0.2) is 0 Å². The molecule has 0 saturated carbocycles. The van der Waals surface area contributed by atoms with E-state index in [2.05, 4.69) is 26.1 Å². The van der Waals surface area contributed by atoms with Gasteiger partial charge in [-0.15, -0.1) is 0 Å². The average molecular weight is 808 g/mol. The van der Waals surface area contributed by atoms with Gasteiger partial charge < -0.3 is 35.2 Å². The second-order valence-electron chi connectivity index (χ2n) is 16.6. The van der Waals surface area contributed by atoms with Crippen LogP contribution in [0.1, 0.15) is 78.7 Å². The minimum Gasteiger partial charge on any atom is -0.494 e. The lowest BCUT2D eigenvalue weighted by Gasteiger charge is -2.37. The van der Waals surface area contributed by atoms with Crippen LogP contribution in [0.25, 0.3) is 0 Å². The third-order valence-electron chi connectivity index (χ3n) is 10.4. The number of carbonyl (C=O) groups is 5. The Labute approximate surface area is 338 Å². The maximum atomic E-state index is 12.7. The third-order valence-corrected chi connectivity index (χ3v) is 10.4. The van der Waals surface area contributed by atoms with Crippen molar-refractivity contribution >= 4 is 29.8 Å². The highest BCUT2D eigenvalue weighted by Gasteiger charge is 2.30. The zero-order valence-corrected chi connectivity index (χ0v) is 34.9. The zero-order valence-electron chi connectivity index (χ0n) is 34.9. The van der Waals surface area contributed by atoms with Crippen molar-refractivity contribution in [1.29, 1.82) is 0 Å². The number of rotatable bonds is 25. The van der Waals surface area contributed by atoms with Crippen molar-refractivity contribution in [3.63, 3.8) is 0 Å². The van der Waals surface area contributed by atoms with Gasteiger partial charge in [0.05, 0.1) is 51.4 Å². The molecule has 0 bridgehead atoms. The second-order valence-corrected chi connectivity index (χ2v) is 16.6. The smallest absolute Gasteiger partial charge is 0.317 e. The molecule has 1 fully saturated rings. The van der Waals surface area contributed by atoms with Crippen molar-refractivity contribution in [2.24, 2.45) is 10.8 Å². The normalized spacial score (nSPS) is 17.3. The van der Waals surface area contributed by atoms with Crippen LogP contribution in [0.3, 0.4) is 0 Å². The molecule has 0 unspecified atom stereocenters. The lowest BCUT2D eigenvalue weighted by molar-refractivity contribution is -0.142. The number of aliphatic carboxylic acids is 4. The molecule has 1 aromatic rings. The van der Waals surface area contributed by atoms with Gasteiger partial charge in [0.1, 0.15) is 5.75 Å². The van der Waals surface area contributed by atoms with Gasteiger partial charge in [0.2, 0.25) is 5.91 Å². The number of carboxylic acid groups (broad SMARTS) is 4. The molecule has 0 aromatic heterocycles. The topological polar surface area (TPSA) is 210 Å². The first kappa shape index (κ1) is 49.3. The highest BCUT2D eigenvalue weighted by atomic mass is 16.5. The van der Waals surface area contributed by atoms with Gasteiger partial charge in [-0.1, -0.05) is 52.2 Å². The molecular weight excluding hydrogens is 738 g/mol. The van der Waals surface area contributed by atoms with E-state index in [1.54, 1.807) is 19.6 Å². The molecule has 16 heteroatoms. The Morgan fingerprint density at radius 3 is 1.75 bits per heavy atom. The van der Waals surface area contributed by atoms with E-state index in [4.69, 9.17) is 9.47 Å². The van der Waals surface area contributed by atoms with Crippen LogP contribution < -0.4 is 10.1 Å². The fourth-order valence-electron chi connectivity index (χ4n) is 6.49. The molecule has 1 atom stereocenters. The highest BCUT2D eigenvalue weighted by Crippen LogP contribution is 2.23. The summed E-state index contributed by atoms with van der Waals surface area (Å²) < 4.78 is 11.8. The number of nitrogens with zero attached hydrogens (tertiary/aromatic N) is 4. The lowest BCUT2D eigenvalue weighted by atomic mass is 9.90. The van der Waals surface area contributed by atoms with Crippen LogP contribution in [0.2, 0.25) is 0 Å². The van der Waals surface area contributed by atoms with Crippen molar-refractivity contribution in [3.8, 4) is 5.75 Å². The SMILES string of the molecule is CCC(C)(C)COCC(C)(C)C(=O)NCCCCCCCOc1ccc(C[C@H]2CN(CC(=O)O)CCN(CC(=O)O)CCN(CC(=O)O)CCN2CC(=O)O)cc1. The fourth-order valence-corrected chi connectivity index (χ4v) is 6.49. The fraction of sp³-hybridized carbons (Fsp3) is 0.732. The second kappa shape index (κ2) is 25.5. The number of hydrogen-bond donors (Lipinski definition) is 5. The summed E-state index contributed by atoms with van der Waals surface area (Å²) in [5.41, 5.74) is 0.401. The summed E-state index contributed by atoms with van der Waals surface area (Å²) in [6.45, 7) is 12.9. The molecule has 1 aliphatic rings. The van der Waals surface area contributed by atoms with Gasteiger partial charge >= 0.3 is 23.9 Å². The van der Waals surface area contributed by atoms with E-state index in [0.29, 0.717) is 38.5 Å². The van der Waals surface area contributed by atoms with Crippen LogP contribution in [0.15, 0.2) is 24.3 Å². The Morgan fingerprint density at radius 2 is 1.19 bits per heavy atom. The van der Waals surface area contributed by atoms with E-state index in [9.17, 15) is 44.4 Å². The molecule has 16 nitrogen and oxygen atoms in total. The number of carbonyl (C=O) groups excluding carboxylic acids is 1. The molecule has 1 heterocycles. The summed E-state index contributed by atoms with van der Waals surface area (Å²) in [7, 11) is 0. The molecule has 0 spiro atoms. The Morgan fingerprint density at radius 1 is 0.684 bits per heavy atom. The number of hydrogen-bond acceptors (Lipinski definition) is 11. The summed E-state index contributed by atoms with van der Waals surface area (Å²) in [5, 5.41) is 41.5. The minimum atomic E-state index is -1.06. The van der Waals surface area contributed by atoms with Gasteiger partial charge in [0, 0.05) is 58.4 Å². The lowest BCUT2D eigenvalue weighted by Crippen LogP contribution is -2.53. The predicted molar refractivity (Wildman–Crippen MR) is 216 cm³/mol.